The molecular formula is C11H20OS. The molecule has 2 heteroatoms. The molecule has 1 unspecified atom stereocenters. The highest BCUT2D eigenvalue weighted by Gasteiger charge is 2.14. The van der Waals surface area contributed by atoms with E-state index in [0.29, 0.717) is 0 Å². The molecule has 0 N–H and O–H groups in total. The smallest absolute Gasteiger partial charge is 0.0873 e. The predicted octanol–water partition coefficient (Wildman–Crippen LogP) is 3.60. The van der Waals surface area contributed by atoms with E-state index in [1.165, 1.54) is 37.0 Å². The lowest BCUT2D eigenvalue weighted by atomic mass is 10.2. The van der Waals surface area contributed by atoms with Crippen LogP contribution in [0.3, 0.4) is 0 Å². The summed E-state index contributed by atoms with van der Waals surface area (Å²) in [6, 6.07) is 0. The maximum Gasteiger partial charge on any atom is 0.0873 e. The molecule has 0 saturated carbocycles. The van der Waals surface area contributed by atoms with Crippen molar-refractivity contribution in [1.82, 2.24) is 0 Å². The first-order valence-electron chi connectivity index (χ1n) is 5.15. The van der Waals surface area contributed by atoms with E-state index >= 15 is 0 Å². The van der Waals surface area contributed by atoms with Crippen molar-refractivity contribution < 1.29 is 4.74 Å². The van der Waals surface area contributed by atoms with Crippen LogP contribution in [0.4, 0.5) is 0 Å². The van der Waals surface area contributed by atoms with Gasteiger partial charge in [0.2, 0.25) is 0 Å². The van der Waals surface area contributed by atoms with Gasteiger partial charge in [-0.15, -0.1) is 0 Å². The third-order valence-electron chi connectivity index (χ3n) is 2.13. The number of rotatable bonds is 5. The maximum atomic E-state index is 5.38. The van der Waals surface area contributed by atoms with Crippen LogP contribution < -0.4 is 0 Å². The lowest BCUT2D eigenvalue weighted by Crippen LogP contribution is -1.98. The Hall–Kier alpha value is -0.110. The minimum Gasteiger partial charge on any atom is -0.501 e. The number of hydrogen-bond donors (Lipinski definition) is 0. The van der Waals surface area contributed by atoms with Gasteiger partial charge in [-0.2, -0.15) is 11.8 Å². The van der Waals surface area contributed by atoms with Crippen LogP contribution >= 0.6 is 11.8 Å². The van der Waals surface area contributed by atoms with Crippen LogP contribution in [0.1, 0.15) is 39.5 Å². The van der Waals surface area contributed by atoms with Gasteiger partial charge in [-0.25, -0.2) is 0 Å². The number of hydrogen-bond acceptors (Lipinski definition) is 2. The minimum atomic E-state index is 0.891. The van der Waals surface area contributed by atoms with Gasteiger partial charge in [0.1, 0.15) is 0 Å². The summed E-state index contributed by atoms with van der Waals surface area (Å²) in [5, 5.41) is 0.926. The van der Waals surface area contributed by atoms with Gasteiger partial charge in [0, 0.05) is 5.25 Å². The van der Waals surface area contributed by atoms with Crippen molar-refractivity contribution in [1.29, 1.82) is 0 Å². The molecule has 13 heavy (non-hydrogen) atoms. The second-order valence-corrected chi connectivity index (χ2v) is 5.25. The van der Waals surface area contributed by atoms with Gasteiger partial charge in [-0.3, -0.25) is 0 Å². The Labute approximate surface area is 85.9 Å². The topological polar surface area (TPSA) is 9.23 Å². The minimum absolute atomic E-state index is 0.891. The standard InChI is InChI=1S/C11H20OS/c1-10(2)9-12-7-3-5-11-6-4-8-13-11/h9,11H,3-8H2,1-2H3. The average Bonchev–Trinajstić information content (AvgIpc) is 2.55. The van der Waals surface area contributed by atoms with E-state index in [2.05, 4.69) is 25.6 Å². The van der Waals surface area contributed by atoms with E-state index in [0.717, 1.165) is 11.9 Å². The second-order valence-electron chi connectivity index (χ2n) is 3.84. The summed E-state index contributed by atoms with van der Waals surface area (Å²) in [5.41, 5.74) is 1.25. The predicted molar refractivity (Wildman–Crippen MR) is 60.1 cm³/mol. The van der Waals surface area contributed by atoms with Crippen LogP contribution in [-0.2, 0) is 4.74 Å². The zero-order valence-corrected chi connectivity index (χ0v) is 9.53. The molecule has 1 aliphatic heterocycles. The molecular weight excluding hydrogens is 180 g/mol. The summed E-state index contributed by atoms with van der Waals surface area (Å²) in [6.07, 6.45) is 7.25. The summed E-state index contributed by atoms with van der Waals surface area (Å²) in [6.45, 7) is 5.02. The van der Waals surface area contributed by atoms with Gasteiger partial charge < -0.3 is 4.74 Å². The Morgan fingerprint density at radius 2 is 2.38 bits per heavy atom. The first-order valence-corrected chi connectivity index (χ1v) is 6.20. The molecule has 0 amide bonds. The van der Waals surface area contributed by atoms with Crippen LogP contribution in [0.25, 0.3) is 0 Å². The van der Waals surface area contributed by atoms with Crippen LogP contribution in [0.15, 0.2) is 11.8 Å². The summed E-state index contributed by atoms with van der Waals surface area (Å²) < 4.78 is 5.38. The van der Waals surface area contributed by atoms with E-state index < -0.39 is 0 Å². The van der Waals surface area contributed by atoms with Crippen LogP contribution in [0, 0.1) is 0 Å². The Bertz CT molecular complexity index is 155. The van der Waals surface area contributed by atoms with Crippen LogP contribution in [0.5, 0.6) is 0 Å². The number of thioether (sulfide) groups is 1. The summed E-state index contributed by atoms with van der Waals surface area (Å²) in [7, 11) is 0. The van der Waals surface area contributed by atoms with Gasteiger partial charge in [-0.1, -0.05) is 0 Å². The van der Waals surface area contributed by atoms with Crippen molar-refractivity contribution in [3.8, 4) is 0 Å². The second kappa shape index (κ2) is 6.36. The molecule has 0 radical (unpaired) electrons. The van der Waals surface area contributed by atoms with E-state index in [1.54, 1.807) is 0 Å². The zero-order chi connectivity index (χ0) is 9.52. The summed E-state index contributed by atoms with van der Waals surface area (Å²) in [5.74, 6) is 1.37. The van der Waals surface area contributed by atoms with Crippen LogP contribution in [-0.4, -0.2) is 17.6 Å². The highest BCUT2D eigenvalue weighted by molar-refractivity contribution is 8.00. The molecule has 1 heterocycles. The molecule has 0 spiro atoms. The number of ether oxygens (including phenoxy) is 1. The molecule has 1 aliphatic rings. The average molecular weight is 200 g/mol. The molecule has 76 valence electrons. The largest absolute Gasteiger partial charge is 0.501 e. The van der Waals surface area contributed by atoms with Gasteiger partial charge >= 0.3 is 0 Å². The Kier molecular flexibility index (Phi) is 5.37. The van der Waals surface area contributed by atoms with Crippen LogP contribution in [0.2, 0.25) is 0 Å². The third-order valence-corrected chi connectivity index (χ3v) is 3.60. The van der Waals surface area contributed by atoms with Crippen molar-refractivity contribution in [2.75, 3.05) is 12.4 Å². The SMILES string of the molecule is CC(C)=COCCCC1CCCS1. The van der Waals surface area contributed by atoms with Gasteiger partial charge in [0.25, 0.3) is 0 Å². The van der Waals surface area contributed by atoms with Gasteiger partial charge in [-0.05, 0) is 50.9 Å². The molecule has 0 aromatic rings. The molecule has 1 saturated heterocycles. The van der Waals surface area contributed by atoms with E-state index in [9.17, 15) is 0 Å². The van der Waals surface area contributed by atoms with Crippen molar-refractivity contribution in [2.24, 2.45) is 0 Å². The molecule has 1 rings (SSSR count). The summed E-state index contributed by atoms with van der Waals surface area (Å²) >= 11 is 2.14. The van der Waals surface area contributed by atoms with Crippen molar-refractivity contribution in [3.63, 3.8) is 0 Å². The lowest BCUT2D eigenvalue weighted by Gasteiger charge is -2.07. The number of allylic oxidation sites excluding steroid dienone is 1. The normalized spacial score (nSPS) is 21.5. The maximum absolute atomic E-state index is 5.38. The Balaban J connectivity index is 1.91. The molecule has 0 bridgehead atoms. The van der Waals surface area contributed by atoms with Gasteiger partial charge in [0.15, 0.2) is 0 Å². The third kappa shape index (κ3) is 5.25. The van der Waals surface area contributed by atoms with E-state index in [-0.39, 0.29) is 0 Å². The van der Waals surface area contributed by atoms with E-state index in [1.807, 2.05) is 6.26 Å². The Morgan fingerprint density at radius 3 is 3.00 bits per heavy atom. The highest BCUT2D eigenvalue weighted by Crippen LogP contribution is 2.29. The molecule has 0 aliphatic carbocycles. The molecule has 1 atom stereocenters. The Morgan fingerprint density at radius 1 is 1.54 bits per heavy atom. The fourth-order valence-corrected chi connectivity index (χ4v) is 2.83. The monoisotopic (exact) mass is 200 g/mol. The molecule has 0 aromatic heterocycles. The summed E-state index contributed by atoms with van der Waals surface area (Å²) in [4.78, 5) is 0. The highest BCUT2D eigenvalue weighted by atomic mass is 32.2. The quantitative estimate of drug-likeness (QED) is 0.495. The molecule has 1 fully saturated rings. The lowest BCUT2D eigenvalue weighted by molar-refractivity contribution is 0.239. The fraction of sp³-hybridized carbons (Fsp3) is 0.818. The fourth-order valence-electron chi connectivity index (χ4n) is 1.49. The van der Waals surface area contributed by atoms with E-state index in [4.69, 9.17) is 4.74 Å². The van der Waals surface area contributed by atoms with Gasteiger partial charge in [0.05, 0.1) is 12.9 Å². The first kappa shape index (κ1) is 11.0. The molecule has 1 nitrogen and oxygen atoms in total. The van der Waals surface area contributed by atoms with Crippen molar-refractivity contribution in [3.05, 3.63) is 11.8 Å². The zero-order valence-electron chi connectivity index (χ0n) is 8.71. The van der Waals surface area contributed by atoms with Crippen molar-refractivity contribution >= 4 is 11.8 Å². The first-order chi connectivity index (χ1) is 6.29. The molecule has 0 aromatic carbocycles. The van der Waals surface area contributed by atoms with Crippen molar-refractivity contribution in [2.45, 2.75) is 44.8 Å².